The fraction of sp³-hybridized carbons (Fsp3) is 0.304. The Morgan fingerprint density at radius 2 is 1.81 bits per heavy atom. The Bertz CT molecular complexity index is 1020. The number of nitrogens with zero attached hydrogens (tertiary/aromatic N) is 1. The van der Waals surface area contributed by atoms with E-state index in [0.29, 0.717) is 17.4 Å². The Balaban J connectivity index is 1.74. The standard InChI is InChI=1S/C23H21NO2/c1-26-23(25)17-10-5-14-3-2-4-18(20(14)13-17)19-11-12-24-22(16-8-9-16)21(19)15-6-7-15/h2-5,10-13,15-16H,6-9H2,1H3. The Hall–Kier alpha value is -2.68. The first-order valence-corrected chi connectivity index (χ1v) is 9.36. The molecule has 1 aromatic heterocycles. The molecule has 3 nitrogen and oxygen atoms in total. The molecule has 1 heterocycles. The molecule has 2 aliphatic carbocycles. The second kappa shape index (κ2) is 5.94. The number of aromatic nitrogens is 1. The van der Waals surface area contributed by atoms with Crippen molar-refractivity contribution < 1.29 is 9.53 Å². The number of ether oxygens (including phenoxy) is 1. The van der Waals surface area contributed by atoms with Crippen molar-refractivity contribution >= 4 is 16.7 Å². The van der Waals surface area contributed by atoms with E-state index in [2.05, 4.69) is 24.3 Å². The average Bonchev–Trinajstić information content (AvgIpc) is 3.58. The number of methoxy groups -OCH3 is 1. The summed E-state index contributed by atoms with van der Waals surface area (Å²) >= 11 is 0. The van der Waals surface area contributed by atoms with Crippen molar-refractivity contribution in [3.63, 3.8) is 0 Å². The molecule has 5 rings (SSSR count). The molecule has 0 radical (unpaired) electrons. The topological polar surface area (TPSA) is 39.2 Å². The van der Waals surface area contributed by atoms with Crippen molar-refractivity contribution in [3.05, 3.63) is 65.5 Å². The summed E-state index contributed by atoms with van der Waals surface area (Å²) in [5, 5.41) is 2.24. The molecule has 0 saturated heterocycles. The number of benzene rings is 2. The number of carbonyl (C=O) groups excluding carboxylic acids is 1. The van der Waals surface area contributed by atoms with Crippen molar-refractivity contribution in [1.82, 2.24) is 4.98 Å². The van der Waals surface area contributed by atoms with Gasteiger partial charge in [0.25, 0.3) is 0 Å². The van der Waals surface area contributed by atoms with E-state index in [0.717, 1.165) is 10.8 Å². The van der Waals surface area contributed by atoms with E-state index in [1.54, 1.807) is 0 Å². The molecule has 0 N–H and O–H groups in total. The van der Waals surface area contributed by atoms with Crippen LogP contribution in [0.4, 0.5) is 0 Å². The molecule has 2 aliphatic rings. The van der Waals surface area contributed by atoms with Gasteiger partial charge in [0.05, 0.1) is 12.7 Å². The van der Waals surface area contributed by atoms with Crippen LogP contribution in [0.25, 0.3) is 21.9 Å². The summed E-state index contributed by atoms with van der Waals surface area (Å²) in [7, 11) is 1.43. The summed E-state index contributed by atoms with van der Waals surface area (Å²) in [5.41, 5.74) is 5.84. The summed E-state index contributed by atoms with van der Waals surface area (Å²) in [4.78, 5) is 16.8. The highest BCUT2D eigenvalue weighted by Crippen LogP contribution is 2.51. The van der Waals surface area contributed by atoms with E-state index < -0.39 is 0 Å². The van der Waals surface area contributed by atoms with Crippen molar-refractivity contribution in [1.29, 1.82) is 0 Å². The van der Waals surface area contributed by atoms with Crippen molar-refractivity contribution in [3.8, 4) is 11.1 Å². The molecule has 0 spiro atoms. The lowest BCUT2D eigenvalue weighted by atomic mass is 9.90. The maximum Gasteiger partial charge on any atom is 0.337 e. The molecule has 2 aromatic carbocycles. The van der Waals surface area contributed by atoms with Crippen LogP contribution in [0, 0.1) is 0 Å². The second-order valence-electron chi connectivity index (χ2n) is 7.44. The molecular weight excluding hydrogens is 322 g/mol. The van der Waals surface area contributed by atoms with Crippen LogP contribution in [0.3, 0.4) is 0 Å². The van der Waals surface area contributed by atoms with Crippen LogP contribution in [-0.4, -0.2) is 18.1 Å². The Labute approximate surface area is 153 Å². The number of hydrogen-bond donors (Lipinski definition) is 0. The van der Waals surface area contributed by atoms with Crippen LogP contribution in [0.1, 0.15) is 59.1 Å². The summed E-state index contributed by atoms with van der Waals surface area (Å²) in [6.07, 6.45) is 7.00. The molecule has 0 atom stereocenters. The average molecular weight is 343 g/mol. The summed E-state index contributed by atoms with van der Waals surface area (Å²) < 4.78 is 4.91. The minimum atomic E-state index is -0.294. The third kappa shape index (κ3) is 2.59. The number of carbonyl (C=O) groups is 1. The van der Waals surface area contributed by atoms with E-state index in [1.807, 2.05) is 24.4 Å². The molecule has 26 heavy (non-hydrogen) atoms. The van der Waals surface area contributed by atoms with Crippen molar-refractivity contribution in [2.45, 2.75) is 37.5 Å². The Morgan fingerprint density at radius 1 is 1.00 bits per heavy atom. The largest absolute Gasteiger partial charge is 0.465 e. The molecule has 2 saturated carbocycles. The highest BCUT2D eigenvalue weighted by Gasteiger charge is 2.35. The SMILES string of the molecule is COC(=O)c1ccc2cccc(-c3ccnc(C4CC4)c3C3CC3)c2c1. The smallest absolute Gasteiger partial charge is 0.337 e. The van der Waals surface area contributed by atoms with Gasteiger partial charge in [0, 0.05) is 17.8 Å². The third-order valence-electron chi connectivity index (χ3n) is 5.56. The van der Waals surface area contributed by atoms with Gasteiger partial charge in [0.15, 0.2) is 0 Å². The Kier molecular flexibility index (Phi) is 3.56. The summed E-state index contributed by atoms with van der Waals surface area (Å²) in [6, 6.07) is 14.3. The van der Waals surface area contributed by atoms with Crippen LogP contribution in [0.5, 0.6) is 0 Å². The van der Waals surface area contributed by atoms with Gasteiger partial charge in [-0.2, -0.15) is 0 Å². The number of rotatable bonds is 4. The zero-order chi connectivity index (χ0) is 17.7. The fourth-order valence-electron chi connectivity index (χ4n) is 3.96. The van der Waals surface area contributed by atoms with Gasteiger partial charge in [-0.1, -0.05) is 24.3 Å². The lowest BCUT2D eigenvalue weighted by molar-refractivity contribution is 0.0601. The van der Waals surface area contributed by atoms with E-state index in [-0.39, 0.29) is 5.97 Å². The maximum atomic E-state index is 12.0. The maximum absolute atomic E-state index is 12.0. The van der Waals surface area contributed by atoms with E-state index >= 15 is 0 Å². The van der Waals surface area contributed by atoms with Gasteiger partial charge >= 0.3 is 5.97 Å². The Morgan fingerprint density at radius 3 is 2.54 bits per heavy atom. The van der Waals surface area contributed by atoms with E-state index in [9.17, 15) is 4.79 Å². The molecular formula is C23H21NO2. The van der Waals surface area contributed by atoms with Gasteiger partial charge in [-0.25, -0.2) is 4.79 Å². The monoisotopic (exact) mass is 343 g/mol. The molecule has 2 fully saturated rings. The lowest BCUT2D eigenvalue weighted by Crippen LogP contribution is -2.01. The fourth-order valence-corrected chi connectivity index (χ4v) is 3.96. The van der Waals surface area contributed by atoms with Crippen molar-refractivity contribution in [2.24, 2.45) is 0 Å². The van der Waals surface area contributed by atoms with Gasteiger partial charge < -0.3 is 4.74 Å². The van der Waals surface area contributed by atoms with Crippen LogP contribution in [0.2, 0.25) is 0 Å². The summed E-state index contributed by atoms with van der Waals surface area (Å²) in [6.45, 7) is 0. The second-order valence-corrected chi connectivity index (χ2v) is 7.44. The molecule has 0 bridgehead atoms. The predicted molar refractivity (Wildman–Crippen MR) is 102 cm³/mol. The number of esters is 1. The molecule has 130 valence electrons. The number of fused-ring (bicyclic) bond motifs is 1. The number of pyridine rings is 1. The molecule has 0 aliphatic heterocycles. The lowest BCUT2D eigenvalue weighted by Gasteiger charge is -2.16. The van der Waals surface area contributed by atoms with E-state index in [4.69, 9.17) is 9.72 Å². The van der Waals surface area contributed by atoms with Crippen LogP contribution >= 0.6 is 0 Å². The quantitative estimate of drug-likeness (QED) is 0.592. The first-order valence-electron chi connectivity index (χ1n) is 9.36. The normalized spacial score (nSPS) is 16.7. The minimum Gasteiger partial charge on any atom is -0.465 e. The minimum absolute atomic E-state index is 0.294. The van der Waals surface area contributed by atoms with Gasteiger partial charge in [-0.05, 0) is 77.3 Å². The first kappa shape index (κ1) is 15.6. The third-order valence-corrected chi connectivity index (χ3v) is 5.56. The molecule has 0 amide bonds. The van der Waals surface area contributed by atoms with Crippen molar-refractivity contribution in [2.75, 3.05) is 7.11 Å². The summed E-state index contributed by atoms with van der Waals surface area (Å²) in [5.74, 6) is 0.997. The van der Waals surface area contributed by atoms with Gasteiger partial charge in [0.1, 0.15) is 0 Å². The van der Waals surface area contributed by atoms with Gasteiger partial charge in [0.2, 0.25) is 0 Å². The molecule has 3 aromatic rings. The zero-order valence-electron chi connectivity index (χ0n) is 14.9. The van der Waals surface area contributed by atoms with Gasteiger partial charge in [-0.3, -0.25) is 4.98 Å². The first-order chi connectivity index (χ1) is 12.8. The highest BCUT2D eigenvalue weighted by molar-refractivity contribution is 6.02. The van der Waals surface area contributed by atoms with Crippen LogP contribution in [0.15, 0.2) is 48.7 Å². The molecule has 3 heteroatoms. The predicted octanol–water partition coefficient (Wildman–Crippen LogP) is 5.44. The van der Waals surface area contributed by atoms with Crippen LogP contribution in [-0.2, 0) is 4.74 Å². The zero-order valence-corrected chi connectivity index (χ0v) is 14.9. The van der Waals surface area contributed by atoms with E-state index in [1.165, 1.54) is 55.2 Å². The number of hydrogen-bond acceptors (Lipinski definition) is 3. The highest BCUT2D eigenvalue weighted by atomic mass is 16.5. The van der Waals surface area contributed by atoms with Gasteiger partial charge in [-0.15, -0.1) is 0 Å². The molecule has 0 unspecified atom stereocenters. The van der Waals surface area contributed by atoms with Crippen LogP contribution < -0.4 is 0 Å².